The number of rotatable bonds is 2. The standard InChI is InChI=1S/C19H24N2O3/c1-20-18(23)19-6-7-24-11-16(19)10-21(12-19)17(22)15-8-13-4-2-3-5-14(13)9-15/h2-5,15-16H,6-12H2,1H3,(H,20,23)/t16-,19+/m1/s1. The molecule has 1 N–H and O–H groups in total. The first-order valence-corrected chi connectivity index (χ1v) is 8.79. The van der Waals surface area contributed by atoms with Crippen LogP contribution in [0.1, 0.15) is 17.5 Å². The van der Waals surface area contributed by atoms with E-state index in [-0.39, 0.29) is 23.7 Å². The molecule has 3 aliphatic rings. The quantitative estimate of drug-likeness (QED) is 0.882. The highest BCUT2D eigenvalue weighted by atomic mass is 16.5. The molecular formula is C19H24N2O3. The van der Waals surface area contributed by atoms with E-state index in [1.54, 1.807) is 7.05 Å². The maximum absolute atomic E-state index is 13.1. The molecule has 1 aromatic rings. The predicted octanol–water partition coefficient (Wildman–Crippen LogP) is 1.01. The van der Waals surface area contributed by atoms with Crippen molar-refractivity contribution >= 4 is 11.8 Å². The average Bonchev–Trinajstić information content (AvgIpc) is 3.22. The fourth-order valence-electron chi connectivity index (χ4n) is 4.73. The summed E-state index contributed by atoms with van der Waals surface area (Å²) in [6.07, 6.45) is 2.34. The van der Waals surface area contributed by atoms with Crippen LogP contribution >= 0.6 is 0 Å². The summed E-state index contributed by atoms with van der Waals surface area (Å²) in [4.78, 5) is 27.5. The highest BCUT2D eigenvalue weighted by Crippen LogP contribution is 2.43. The van der Waals surface area contributed by atoms with Crippen LogP contribution in [0.3, 0.4) is 0 Å². The van der Waals surface area contributed by atoms with E-state index < -0.39 is 5.41 Å². The molecule has 0 radical (unpaired) electrons. The summed E-state index contributed by atoms with van der Waals surface area (Å²) < 4.78 is 5.59. The number of hydrogen-bond donors (Lipinski definition) is 1. The van der Waals surface area contributed by atoms with Gasteiger partial charge >= 0.3 is 0 Å². The Balaban J connectivity index is 1.52. The molecule has 2 atom stereocenters. The van der Waals surface area contributed by atoms with E-state index in [2.05, 4.69) is 17.4 Å². The molecule has 4 rings (SSSR count). The molecule has 1 aromatic carbocycles. The van der Waals surface area contributed by atoms with Gasteiger partial charge in [0.15, 0.2) is 0 Å². The predicted molar refractivity (Wildman–Crippen MR) is 89.3 cm³/mol. The summed E-state index contributed by atoms with van der Waals surface area (Å²) in [7, 11) is 1.68. The zero-order chi connectivity index (χ0) is 16.7. The molecule has 128 valence electrons. The lowest BCUT2D eigenvalue weighted by Crippen LogP contribution is -2.49. The third kappa shape index (κ3) is 2.34. The number of ether oxygens (including phenoxy) is 1. The Morgan fingerprint density at radius 3 is 2.62 bits per heavy atom. The van der Waals surface area contributed by atoms with Crippen LogP contribution in [0.15, 0.2) is 24.3 Å². The van der Waals surface area contributed by atoms with Crippen LogP contribution in [-0.2, 0) is 27.2 Å². The highest BCUT2D eigenvalue weighted by molar-refractivity contribution is 5.86. The zero-order valence-corrected chi connectivity index (χ0v) is 14.1. The van der Waals surface area contributed by atoms with Crippen LogP contribution in [0.2, 0.25) is 0 Å². The second-order valence-corrected chi connectivity index (χ2v) is 7.35. The average molecular weight is 328 g/mol. The highest BCUT2D eigenvalue weighted by Gasteiger charge is 2.54. The Kier molecular flexibility index (Phi) is 3.83. The maximum Gasteiger partial charge on any atom is 0.228 e. The number of hydrogen-bond acceptors (Lipinski definition) is 3. The fourth-order valence-corrected chi connectivity index (χ4v) is 4.73. The van der Waals surface area contributed by atoms with E-state index in [0.29, 0.717) is 32.7 Å². The van der Waals surface area contributed by atoms with Crippen molar-refractivity contribution in [3.05, 3.63) is 35.4 Å². The monoisotopic (exact) mass is 328 g/mol. The van der Waals surface area contributed by atoms with E-state index in [0.717, 1.165) is 12.8 Å². The molecule has 0 aromatic heterocycles. The molecule has 5 heteroatoms. The smallest absolute Gasteiger partial charge is 0.228 e. The first-order chi connectivity index (χ1) is 11.6. The maximum atomic E-state index is 13.1. The van der Waals surface area contributed by atoms with Crippen molar-refractivity contribution in [3.8, 4) is 0 Å². The lowest BCUT2D eigenvalue weighted by molar-refractivity contribution is -0.139. The van der Waals surface area contributed by atoms with E-state index in [1.165, 1.54) is 11.1 Å². The molecule has 2 amide bonds. The second-order valence-electron chi connectivity index (χ2n) is 7.35. The van der Waals surface area contributed by atoms with Crippen LogP contribution in [0.4, 0.5) is 0 Å². The summed E-state index contributed by atoms with van der Waals surface area (Å²) in [6.45, 7) is 2.34. The summed E-state index contributed by atoms with van der Waals surface area (Å²) in [6, 6.07) is 8.31. The number of nitrogens with zero attached hydrogens (tertiary/aromatic N) is 1. The van der Waals surface area contributed by atoms with E-state index in [9.17, 15) is 9.59 Å². The SMILES string of the molecule is CNC(=O)[C@]12CCOC[C@H]1CN(C(=O)C1Cc3ccccc3C1)C2. The molecular weight excluding hydrogens is 304 g/mol. The van der Waals surface area contributed by atoms with Gasteiger partial charge in [-0.05, 0) is 30.4 Å². The molecule has 0 bridgehead atoms. The van der Waals surface area contributed by atoms with Crippen molar-refractivity contribution in [1.29, 1.82) is 0 Å². The third-order valence-electron chi connectivity index (χ3n) is 6.10. The first kappa shape index (κ1) is 15.6. The van der Waals surface area contributed by atoms with Crippen LogP contribution < -0.4 is 5.32 Å². The second kappa shape index (κ2) is 5.88. The number of nitrogens with one attached hydrogen (secondary N) is 1. The molecule has 24 heavy (non-hydrogen) atoms. The first-order valence-electron chi connectivity index (χ1n) is 8.79. The van der Waals surface area contributed by atoms with Gasteiger partial charge < -0.3 is 15.0 Å². The number of amides is 2. The number of fused-ring (bicyclic) bond motifs is 2. The Bertz CT molecular complexity index is 649. The molecule has 2 heterocycles. The topological polar surface area (TPSA) is 58.6 Å². The Labute approximate surface area is 142 Å². The van der Waals surface area contributed by atoms with E-state index in [4.69, 9.17) is 4.74 Å². The molecule has 0 saturated carbocycles. The molecule has 0 unspecified atom stereocenters. The Hall–Kier alpha value is -1.88. The Morgan fingerprint density at radius 1 is 1.25 bits per heavy atom. The third-order valence-corrected chi connectivity index (χ3v) is 6.10. The number of carbonyl (C=O) groups is 2. The number of benzene rings is 1. The molecule has 0 spiro atoms. The van der Waals surface area contributed by atoms with Gasteiger partial charge in [-0.2, -0.15) is 0 Å². The minimum Gasteiger partial charge on any atom is -0.381 e. The number of carbonyl (C=O) groups excluding carboxylic acids is 2. The van der Waals surface area contributed by atoms with E-state index in [1.807, 2.05) is 17.0 Å². The largest absolute Gasteiger partial charge is 0.381 e. The summed E-state index contributed by atoms with van der Waals surface area (Å²) in [5.74, 6) is 0.383. The normalized spacial score (nSPS) is 29.2. The molecule has 2 saturated heterocycles. The molecule has 2 aliphatic heterocycles. The van der Waals surface area contributed by atoms with Crippen molar-refractivity contribution in [3.63, 3.8) is 0 Å². The van der Waals surface area contributed by atoms with Gasteiger partial charge in [0.25, 0.3) is 0 Å². The summed E-state index contributed by atoms with van der Waals surface area (Å²) >= 11 is 0. The van der Waals surface area contributed by atoms with Gasteiger partial charge in [-0.25, -0.2) is 0 Å². The van der Waals surface area contributed by atoms with Gasteiger partial charge in [-0.3, -0.25) is 9.59 Å². The van der Waals surface area contributed by atoms with Gasteiger partial charge in [0.2, 0.25) is 11.8 Å². The van der Waals surface area contributed by atoms with E-state index >= 15 is 0 Å². The summed E-state index contributed by atoms with van der Waals surface area (Å²) in [5, 5.41) is 2.81. The zero-order valence-electron chi connectivity index (χ0n) is 14.1. The minimum absolute atomic E-state index is 0.0187. The van der Waals surface area contributed by atoms with Crippen molar-refractivity contribution in [1.82, 2.24) is 10.2 Å². The van der Waals surface area contributed by atoms with Crippen molar-refractivity contribution in [2.45, 2.75) is 19.3 Å². The minimum atomic E-state index is -0.464. The number of likely N-dealkylation sites (tertiary alicyclic amines) is 1. The van der Waals surface area contributed by atoms with Crippen LogP contribution in [0.25, 0.3) is 0 Å². The molecule has 1 aliphatic carbocycles. The Morgan fingerprint density at radius 2 is 1.96 bits per heavy atom. The molecule has 2 fully saturated rings. The van der Waals surface area contributed by atoms with Gasteiger partial charge in [0.05, 0.1) is 12.0 Å². The van der Waals surface area contributed by atoms with Gasteiger partial charge in [0.1, 0.15) is 0 Å². The lowest BCUT2D eigenvalue weighted by atomic mass is 9.73. The van der Waals surface area contributed by atoms with Crippen molar-refractivity contribution < 1.29 is 14.3 Å². The van der Waals surface area contributed by atoms with Crippen LogP contribution in [0.5, 0.6) is 0 Å². The lowest BCUT2D eigenvalue weighted by Gasteiger charge is -2.36. The van der Waals surface area contributed by atoms with Crippen molar-refractivity contribution in [2.75, 3.05) is 33.4 Å². The van der Waals surface area contributed by atoms with Gasteiger partial charge in [-0.1, -0.05) is 24.3 Å². The fraction of sp³-hybridized carbons (Fsp3) is 0.579. The molecule has 5 nitrogen and oxygen atoms in total. The van der Waals surface area contributed by atoms with Crippen LogP contribution in [0, 0.1) is 17.3 Å². The van der Waals surface area contributed by atoms with Crippen LogP contribution in [-0.4, -0.2) is 50.1 Å². The summed E-state index contributed by atoms with van der Waals surface area (Å²) in [5.41, 5.74) is 2.11. The van der Waals surface area contributed by atoms with Gasteiger partial charge in [-0.15, -0.1) is 0 Å². The van der Waals surface area contributed by atoms with Crippen molar-refractivity contribution in [2.24, 2.45) is 17.3 Å². The van der Waals surface area contributed by atoms with Gasteiger partial charge in [0, 0.05) is 38.6 Å².